The second-order valence-corrected chi connectivity index (χ2v) is 10.9. The first kappa shape index (κ1) is 23.3. The van der Waals surface area contributed by atoms with Gasteiger partial charge in [-0.05, 0) is 60.6 Å². The van der Waals surface area contributed by atoms with E-state index in [4.69, 9.17) is 11.6 Å². The smallest absolute Gasteiger partial charge is 0.403 e. The lowest BCUT2D eigenvalue weighted by Gasteiger charge is -2.53. The fourth-order valence-corrected chi connectivity index (χ4v) is 6.15. The van der Waals surface area contributed by atoms with Crippen molar-refractivity contribution in [1.82, 2.24) is 9.88 Å². The lowest BCUT2D eigenvalue weighted by molar-refractivity contribution is -0.274. The second-order valence-electron chi connectivity index (χ2n) is 10.5. The zero-order chi connectivity index (χ0) is 23.4. The van der Waals surface area contributed by atoms with Gasteiger partial charge in [0.2, 0.25) is 5.91 Å². The number of fused-ring (bicyclic) bond motifs is 3. The standard InChI is InChI=1S/C24H30ClF3N2O2/c1-13-7-15-10-23(3,4)11-16(8-13)30(15)20(31)9-14(2)17-12-29-19-6-5-18(25)22(21(17)19)32-24(26,27)28/h5-6,12-16,29H,7-11H2,1-4H3. The number of H-pyrrole nitrogens is 1. The Kier molecular flexibility index (Phi) is 5.93. The highest BCUT2D eigenvalue weighted by Crippen LogP contribution is 2.46. The van der Waals surface area contributed by atoms with Crippen molar-refractivity contribution >= 4 is 28.4 Å². The molecule has 176 valence electrons. The van der Waals surface area contributed by atoms with Crippen molar-refractivity contribution in [1.29, 1.82) is 0 Å². The molecule has 2 aromatic rings. The van der Waals surface area contributed by atoms with Crippen LogP contribution in [0.1, 0.15) is 71.3 Å². The lowest BCUT2D eigenvalue weighted by atomic mass is 9.68. The average molecular weight is 471 g/mol. The lowest BCUT2D eigenvalue weighted by Crippen LogP contribution is -2.58. The molecule has 0 saturated carbocycles. The van der Waals surface area contributed by atoms with Gasteiger partial charge in [-0.2, -0.15) is 0 Å². The van der Waals surface area contributed by atoms with Gasteiger partial charge in [-0.25, -0.2) is 0 Å². The molecule has 1 aromatic heterocycles. The molecular weight excluding hydrogens is 441 g/mol. The molecule has 3 atom stereocenters. The summed E-state index contributed by atoms with van der Waals surface area (Å²) in [5, 5.41) is 0.166. The van der Waals surface area contributed by atoms with Crippen molar-refractivity contribution in [2.45, 2.75) is 84.2 Å². The van der Waals surface area contributed by atoms with Gasteiger partial charge in [0, 0.05) is 35.6 Å². The van der Waals surface area contributed by atoms with Crippen LogP contribution in [0, 0.1) is 11.3 Å². The number of alkyl halides is 3. The summed E-state index contributed by atoms with van der Waals surface area (Å²) in [6.45, 7) is 8.66. The Labute approximate surface area is 191 Å². The van der Waals surface area contributed by atoms with Crippen LogP contribution in [-0.2, 0) is 4.79 Å². The van der Waals surface area contributed by atoms with E-state index < -0.39 is 12.1 Å². The van der Waals surface area contributed by atoms with Gasteiger partial charge in [0.15, 0.2) is 5.75 Å². The van der Waals surface area contributed by atoms with E-state index in [1.165, 1.54) is 6.07 Å². The summed E-state index contributed by atoms with van der Waals surface area (Å²) in [6, 6.07) is 3.46. The van der Waals surface area contributed by atoms with Crippen molar-refractivity contribution in [2.24, 2.45) is 11.3 Å². The first-order valence-corrected chi connectivity index (χ1v) is 11.6. The summed E-state index contributed by atoms with van der Waals surface area (Å²) in [4.78, 5) is 18.5. The van der Waals surface area contributed by atoms with Crippen LogP contribution in [0.15, 0.2) is 18.3 Å². The molecule has 8 heteroatoms. The van der Waals surface area contributed by atoms with E-state index in [1.807, 2.05) is 6.92 Å². The number of hydrogen-bond acceptors (Lipinski definition) is 2. The van der Waals surface area contributed by atoms with Crippen LogP contribution in [0.4, 0.5) is 13.2 Å². The first-order chi connectivity index (χ1) is 14.8. The predicted octanol–water partition coefficient (Wildman–Crippen LogP) is 7.03. The zero-order valence-electron chi connectivity index (χ0n) is 18.9. The predicted molar refractivity (Wildman–Crippen MR) is 119 cm³/mol. The van der Waals surface area contributed by atoms with Gasteiger partial charge >= 0.3 is 6.36 Å². The molecule has 1 N–H and O–H groups in total. The number of amides is 1. The molecule has 1 amide bonds. The number of hydrogen-bond donors (Lipinski definition) is 1. The van der Waals surface area contributed by atoms with Crippen molar-refractivity contribution in [3.63, 3.8) is 0 Å². The molecule has 3 unspecified atom stereocenters. The minimum atomic E-state index is -4.86. The molecule has 32 heavy (non-hydrogen) atoms. The summed E-state index contributed by atoms with van der Waals surface area (Å²) in [5.74, 6) is -0.0407. The van der Waals surface area contributed by atoms with E-state index >= 15 is 0 Å². The quantitative estimate of drug-likeness (QED) is 0.521. The largest absolute Gasteiger partial charge is 0.573 e. The number of nitrogens with zero attached hydrogens (tertiary/aromatic N) is 1. The molecule has 2 aliphatic rings. The van der Waals surface area contributed by atoms with Crippen LogP contribution >= 0.6 is 11.6 Å². The Balaban J connectivity index is 1.60. The minimum absolute atomic E-state index is 0.0737. The second kappa shape index (κ2) is 8.15. The summed E-state index contributed by atoms with van der Waals surface area (Å²) < 4.78 is 43.3. The van der Waals surface area contributed by atoms with Crippen molar-refractivity contribution in [3.05, 3.63) is 28.9 Å². The number of ether oxygens (including phenoxy) is 1. The Bertz CT molecular complexity index is 999. The minimum Gasteiger partial charge on any atom is -0.403 e. The molecule has 4 rings (SSSR count). The van der Waals surface area contributed by atoms with Crippen LogP contribution in [0.3, 0.4) is 0 Å². The molecule has 2 bridgehead atoms. The zero-order valence-corrected chi connectivity index (χ0v) is 19.6. The SMILES string of the molecule is CC1CC2CC(C)(C)CC(C1)N2C(=O)CC(C)c1c[nH]c2ccc(Cl)c(OC(F)(F)F)c12. The third kappa shape index (κ3) is 4.59. The van der Waals surface area contributed by atoms with Crippen molar-refractivity contribution < 1.29 is 22.7 Å². The van der Waals surface area contributed by atoms with Gasteiger partial charge < -0.3 is 14.6 Å². The molecule has 4 nitrogen and oxygen atoms in total. The first-order valence-electron chi connectivity index (χ1n) is 11.2. The normalized spacial score (nSPS) is 26.2. The van der Waals surface area contributed by atoms with E-state index in [1.54, 1.807) is 12.3 Å². The highest BCUT2D eigenvalue weighted by Gasteiger charge is 2.45. The number of aromatic nitrogens is 1. The fourth-order valence-electron chi connectivity index (χ4n) is 5.95. The van der Waals surface area contributed by atoms with Crippen LogP contribution < -0.4 is 4.74 Å². The van der Waals surface area contributed by atoms with Crippen molar-refractivity contribution in [2.75, 3.05) is 0 Å². The summed E-state index contributed by atoms with van der Waals surface area (Å²) in [6.07, 6.45) is 1.01. The van der Waals surface area contributed by atoms with Crippen molar-refractivity contribution in [3.8, 4) is 5.75 Å². The topological polar surface area (TPSA) is 45.3 Å². The number of carbonyl (C=O) groups excluding carboxylic acids is 1. The molecule has 2 aliphatic heterocycles. The third-order valence-electron chi connectivity index (χ3n) is 7.01. The van der Waals surface area contributed by atoms with Gasteiger partial charge in [-0.15, -0.1) is 13.2 Å². The molecular formula is C24H30ClF3N2O2. The highest BCUT2D eigenvalue weighted by atomic mass is 35.5. The van der Waals surface area contributed by atoms with Crippen LogP contribution in [0.25, 0.3) is 10.9 Å². The number of nitrogens with one attached hydrogen (secondary N) is 1. The number of carbonyl (C=O) groups is 1. The number of rotatable bonds is 4. The van der Waals surface area contributed by atoms with Gasteiger partial charge in [0.25, 0.3) is 0 Å². The third-order valence-corrected chi connectivity index (χ3v) is 7.31. The fraction of sp³-hybridized carbons (Fsp3) is 0.625. The number of piperidine rings is 2. The molecule has 0 spiro atoms. The molecule has 2 fully saturated rings. The monoisotopic (exact) mass is 470 g/mol. The van der Waals surface area contributed by atoms with E-state index in [0.717, 1.165) is 25.7 Å². The van der Waals surface area contributed by atoms with E-state index in [0.29, 0.717) is 17.0 Å². The summed E-state index contributed by atoms with van der Waals surface area (Å²) in [5.41, 5.74) is 1.31. The number of aromatic amines is 1. The Morgan fingerprint density at radius 2 is 1.91 bits per heavy atom. The van der Waals surface area contributed by atoms with Crippen LogP contribution in [0.5, 0.6) is 5.75 Å². The van der Waals surface area contributed by atoms with Gasteiger partial charge in [-0.3, -0.25) is 4.79 Å². The molecule has 0 radical (unpaired) electrons. The maximum atomic E-state index is 13.4. The summed E-state index contributed by atoms with van der Waals surface area (Å²) >= 11 is 6.06. The number of halogens is 4. The van der Waals surface area contributed by atoms with Crippen LogP contribution in [-0.4, -0.2) is 34.2 Å². The van der Waals surface area contributed by atoms with Gasteiger partial charge in [0.05, 0.1) is 5.02 Å². The van der Waals surface area contributed by atoms with E-state index in [2.05, 4.69) is 35.4 Å². The van der Waals surface area contributed by atoms with E-state index in [9.17, 15) is 18.0 Å². The Hall–Kier alpha value is -1.89. The number of benzene rings is 1. The maximum absolute atomic E-state index is 13.4. The highest BCUT2D eigenvalue weighted by molar-refractivity contribution is 6.33. The molecule has 1 aromatic carbocycles. The molecule has 0 aliphatic carbocycles. The summed E-state index contributed by atoms with van der Waals surface area (Å²) in [7, 11) is 0. The Morgan fingerprint density at radius 1 is 1.28 bits per heavy atom. The molecule has 2 saturated heterocycles. The maximum Gasteiger partial charge on any atom is 0.573 e. The van der Waals surface area contributed by atoms with E-state index in [-0.39, 0.29) is 46.2 Å². The average Bonchev–Trinajstić information content (AvgIpc) is 3.05. The van der Waals surface area contributed by atoms with Gasteiger partial charge in [-0.1, -0.05) is 39.3 Å². The van der Waals surface area contributed by atoms with Gasteiger partial charge in [0.1, 0.15) is 0 Å². The molecule has 3 heterocycles. The van der Waals surface area contributed by atoms with Crippen LogP contribution in [0.2, 0.25) is 5.02 Å². The Morgan fingerprint density at radius 3 is 2.50 bits per heavy atom.